The van der Waals surface area contributed by atoms with Gasteiger partial charge in [-0.1, -0.05) is 151 Å². The van der Waals surface area contributed by atoms with Crippen molar-refractivity contribution in [2.24, 2.45) is 0 Å². The van der Waals surface area contributed by atoms with Crippen molar-refractivity contribution in [1.82, 2.24) is 74.4 Å². The van der Waals surface area contributed by atoms with E-state index in [1.165, 1.54) is 85.4 Å². The highest BCUT2D eigenvalue weighted by atomic mass is 35.5. The van der Waals surface area contributed by atoms with Gasteiger partial charge in [-0.2, -0.15) is 0 Å². The molecule has 712 valence electrons. The van der Waals surface area contributed by atoms with Crippen LogP contribution in [0.3, 0.4) is 0 Å². The quantitative estimate of drug-likeness (QED) is 0.0409. The standard InChI is InChI=1S/C28H22ClF3N6O.C27H21ClF2N6O.C25H21ClF2N4.C25H22FN5O2/c1-16(30)6-9-22(39)38-11-10-37(14-18(38)12-33-2)28-20-13-34-26(25(32)27(20)35-15-36-28)19-5-3-4-17-7-8-21(31)24(29)23(17)19;1-3-5-21(37)36-11-10-35(14-17(36)12-31-2)27-19-13-32-25(24(30)26(19)33-15-34-27)18-7-4-6-16-8-9-20(29)23(28)22(16)18;1-2-10-31-11-13-32(14-12-31)20-8-9-29-25-18(20)15-30-24(23(25)28)17-5-3-4-16-6-7-19(27)22(26)21(16)17;1-3-21(33)30-8-10-31(11-9-30)25-20-14-27-23(22(26)24(20)28-15(2)29-25)19-13-17(32)12-16-6-4-5-7-18(16)19/h3-9,13,15-16,18H,10-12,14H2,1H3;3-9,13,15,17H,10-12,14H2,1H3;2-9,15H,1,10-14H2;3-7,12-14,32H,1,8-11H2,2H3/b9-6+;5-3+;;/t16?,18-;17-;;/m00../s1. The summed E-state index contributed by atoms with van der Waals surface area (Å²) in [5, 5.41) is 16.6. The second-order valence-corrected chi connectivity index (χ2v) is 34.8. The first-order valence-electron chi connectivity index (χ1n) is 44.9. The van der Waals surface area contributed by atoms with Crippen LogP contribution in [0.4, 0.5) is 58.3 Å². The van der Waals surface area contributed by atoms with E-state index in [-0.39, 0.29) is 116 Å². The summed E-state index contributed by atoms with van der Waals surface area (Å²) in [6.45, 7) is 35.6. The molecule has 16 aromatic rings. The summed E-state index contributed by atoms with van der Waals surface area (Å²) in [5.74, 6) is -2.92. The number of carbonyl (C=O) groups is 3. The van der Waals surface area contributed by atoms with E-state index >= 15 is 17.6 Å². The first-order valence-corrected chi connectivity index (χ1v) is 46.1. The van der Waals surface area contributed by atoms with Crippen LogP contribution < -0.4 is 19.6 Å². The van der Waals surface area contributed by atoms with Gasteiger partial charge in [0.25, 0.3) is 0 Å². The van der Waals surface area contributed by atoms with Gasteiger partial charge < -0.3 is 49.1 Å². The van der Waals surface area contributed by atoms with Crippen LogP contribution in [-0.4, -0.2) is 227 Å². The van der Waals surface area contributed by atoms with Crippen LogP contribution in [0.1, 0.15) is 19.7 Å². The number of aromatic nitrogens is 11. The molecular formula is C105H86Cl3F8N21O4. The van der Waals surface area contributed by atoms with Crippen molar-refractivity contribution in [2.45, 2.75) is 39.0 Å². The second kappa shape index (κ2) is 42.4. The van der Waals surface area contributed by atoms with Gasteiger partial charge in [0.2, 0.25) is 30.8 Å². The molecular weight excluding hydrogens is 1880 g/mol. The van der Waals surface area contributed by atoms with E-state index < -0.39 is 52.9 Å². The number of aryl methyl sites for hydroxylation is 1. The third-order valence-electron chi connectivity index (χ3n) is 25.1. The van der Waals surface area contributed by atoms with E-state index in [1.54, 1.807) is 121 Å². The molecule has 1 N–H and O–H groups in total. The van der Waals surface area contributed by atoms with E-state index in [0.29, 0.717) is 152 Å². The minimum Gasteiger partial charge on any atom is -0.508 e. The number of alkyl halides is 1. The molecule has 0 aliphatic carbocycles. The number of hydrogen-bond donors (Lipinski definition) is 1. The maximum atomic E-state index is 15.9. The van der Waals surface area contributed by atoms with E-state index in [9.17, 15) is 37.1 Å². The predicted molar refractivity (Wildman–Crippen MR) is 535 cm³/mol. The zero-order valence-corrected chi connectivity index (χ0v) is 78.4. The number of phenolic OH excluding ortho intramolecular Hbond substituents is 1. The first-order chi connectivity index (χ1) is 68.3. The Balaban J connectivity index is 0.000000130. The summed E-state index contributed by atoms with van der Waals surface area (Å²) in [7, 11) is 0. The highest BCUT2D eigenvalue weighted by Gasteiger charge is 2.37. The third kappa shape index (κ3) is 19.7. The van der Waals surface area contributed by atoms with Gasteiger partial charge in [0, 0.05) is 185 Å². The Labute approximate surface area is 818 Å². The number of allylic oxidation sites excluding steroid dienone is 2. The lowest BCUT2D eigenvalue weighted by atomic mass is 10.00. The van der Waals surface area contributed by atoms with Crippen LogP contribution in [0.5, 0.6) is 5.75 Å². The Hall–Kier alpha value is -15.6. The van der Waals surface area contributed by atoms with Crippen LogP contribution in [-0.2, 0) is 14.4 Å². The topological polar surface area (TPSA) is 248 Å². The minimum absolute atomic E-state index is 0.00269. The van der Waals surface area contributed by atoms with Crippen LogP contribution >= 0.6 is 34.8 Å². The number of pyridine rings is 5. The van der Waals surface area contributed by atoms with E-state index in [2.05, 4.69) is 87.5 Å². The van der Waals surface area contributed by atoms with Crippen molar-refractivity contribution in [3.63, 3.8) is 0 Å². The number of fused-ring (bicyclic) bond motifs is 8. The molecule has 20 rings (SSSR count). The lowest BCUT2D eigenvalue weighted by Crippen LogP contribution is -2.56. The summed E-state index contributed by atoms with van der Waals surface area (Å²) in [5.41, 5.74) is 3.25. The average molecular weight is 1960 g/mol. The number of amides is 3. The molecule has 8 aromatic carbocycles. The number of rotatable bonds is 16. The Morgan fingerprint density at radius 3 is 1.38 bits per heavy atom. The average Bonchev–Trinajstić information content (AvgIpc) is 0.761. The number of benzene rings is 8. The number of hydrogen-bond acceptors (Lipinski definition) is 20. The van der Waals surface area contributed by atoms with Gasteiger partial charge in [-0.05, 0) is 102 Å². The zero-order chi connectivity index (χ0) is 99.1. The number of anilines is 4. The Bertz CT molecular complexity index is 7820. The predicted octanol–water partition coefficient (Wildman–Crippen LogP) is 20.4. The maximum absolute atomic E-state index is 15.9. The molecule has 0 bridgehead atoms. The molecule has 4 fully saturated rings. The first kappa shape index (κ1) is 97.1. The van der Waals surface area contributed by atoms with Crippen LogP contribution in [0, 0.1) is 60.8 Å². The molecule has 25 nitrogen and oxygen atoms in total. The smallest absolute Gasteiger partial charge is 0.246 e. The Morgan fingerprint density at radius 1 is 0.468 bits per heavy atom. The molecule has 0 radical (unpaired) electrons. The fourth-order valence-corrected chi connectivity index (χ4v) is 19.1. The molecule has 0 saturated carbocycles. The van der Waals surface area contributed by atoms with Crippen molar-refractivity contribution in [2.75, 3.05) is 131 Å². The van der Waals surface area contributed by atoms with Gasteiger partial charge in [-0.15, -0.1) is 6.58 Å². The van der Waals surface area contributed by atoms with Crippen molar-refractivity contribution in [3.05, 3.63) is 311 Å². The Kier molecular flexibility index (Phi) is 29.2. The normalized spacial score (nSPS) is 15.5. The lowest BCUT2D eigenvalue weighted by Gasteiger charge is -2.39. The maximum Gasteiger partial charge on any atom is 0.246 e. The van der Waals surface area contributed by atoms with Gasteiger partial charge >= 0.3 is 0 Å². The van der Waals surface area contributed by atoms with Crippen LogP contribution in [0.25, 0.3) is 141 Å². The van der Waals surface area contributed by atoms with Gasteiger partial charge in [0.05, 0.1) is 31.2 Å². The fraction of sp³-hybridized carbons (Fsp3) is 0.219. The van der Waals surface area contributed by atoms with Crippen molar-refractivity contribution >= 4 is 162 Å². The monoisotopic (exact) mass is 1960 g/mol. The number of aromatic hydroxyl groups is 1. The number of phenols is 1. The van der Waals surface area contributed by atoms with E-state index in [4.69, 9.17) is 47.9 Å². The molecule has 4 aliphatic heterocycles. The summed E-state index contributed by atoms with van der Waals surface area (Å²) in [6, 6.07) is 35.8. The van der Waals surface area contributed by atoms with Crippen LogP contribution in [0.2, 0.25) is 15.1 Å². The number of carbonyl (C=O) groups excluding carboxylic acids is 3. The molecule has 12 heterocycles. The van der Waals surface area contributed by atoms with Gasteiger partial charge in [-0.3, -0.25) is 44.2 Å². The largest absolute Gasteiger partial charge is 0.508 e. The number of nitrogens with zero attached hydrogens (tertiary/aromatic N) is 21. The molecule has 0 spiro atoms. The molecule has 36 heteroatoms. The number of piperazine rings is 4. The van der Waals surface area contributed by atoms with E-state index in [0.717, 1.165) is 49.2 Å². The zero-order valence-electron chi connectivity index (χ0n) is 76.1. The molecule has 1 unspecified atom stereocenters. The molecule has 3 atom stereocenters. The highest BCUT2D eigenvalue weighted by Crippen LogP contribution is 2.44. The molecule has 3 amide bonds. The Morgan fingerprint density at radius 2 is 0.908 bits per heavy atom. The highest BCUT2D eigenvalue weighted by molar-refractivity contribution is 6.38. The SMILES string of the molecule is C=CC(=O)N1CCN(c2nc(C)nc3c(F)c(-c4cc(O)cc5ccccc45)ncc23)CC1.C=CCN1CCN(c2ccnc3c(F)c(-c4cccc5ccc(F)c(Cl)c45)ncc23)CC1.[C-]#[N+]C[C@H]1CN(c2ncnc3c(F)c(-c4cccc5ccc(F)c(Cl)c45)ncc23)CCN1C(=O)/C=C/C.[C-]#[N+]C[C@H]1CN(c2ncnc3c(F)c(-c4cccc5ccc(F)c(Cl)c45)ncc23)CCN1C(=O)/C=C/C(C)F. The molecule has 141 heavy (non-hydrogen) atoms. The summed E-state index contributed by atoms with van der Waals surface area (Å²) in [6.07, 6.45) is 17.8. The third-order valence-corrected chi connectivity index (χ3v) is 26.2. The number of halogens is 11. The summed E-state index contributed by atoms with van der Waals surface area (Å²) >= 11 is 18.8. The van der Waals surface area contributed by atoms with Crippen molar-refractivity contribution < 1.29 is 54.6 Å². The van der Waals surface area contributed by atoms with Gasteiger partial charge in [0.1, 0.15) is 122 Å². The van der Waals surface area contributed by atoms with Crippen molar-refractivity contribution in [1.29, 1.82) is 0 Å². The fourth-order valence-electron chi connectivity index (χ4n) is 18.3. The second-order valence-electron chi connectivity index (χ2n) is 33.6. The molecule has 4 aliphatic rings. The van der Waals surface area contributed by atoms with Crippen molar-refractivity contribution in [3.8, 4) is 50.8 Å². The lowest BCUT2D eigenvalue weighted by molar-refractivity contribution is -0.129. The van der Waals surface area contributed by atoms with Gasteiger partial charge in [0.15, 0.2) is 23.3 Å². The summed E-state index contributed by atoms with van der Waals surface area (Å²) < 4.78 is 119. The molecule has 4 saturated heterocycles. The van der Waals surface area contributed by atoms with Crippen LogP contribution in [0.15, 0.2) is 227 Å². The molecule has 8 aromatic heterocycles. The summed E-state index contributed by atoms with van der Waals surface area (Å²) in [4.78, 5) is 107. The minimum atomic E-state index is -1.27. The van der Waals surface area contributed by atoms with Gasteiger partial charge in [-0.25, -0.2) is 78.2 Å². The van der Waals surface area contributed by atoms with E-state index in [1.807, 2.05) is 57.2 Å².